The summed E-state index contributed by atoms with van der Waals surface area (Å²) in [6, 6.07) is 9.85. The van der Waals surface area contributed by atoms with E-state index in [0.29, 0.717) is 5.56 Å². The van der Waals surface area contributed by atoms with E-state index < -0.39 is 0 Å². The van der Waals surface area contributed by atoms with Gasteiger partial charge < -0.3 is 0 Å². The minimum Gasteiger partial charge on any atom is -0.256 e. The lowest BCUT2D eigenvalue weighted by molar-refractivity contribution is 1.37. The van der Waals surface area contributed by atoms with Crippen LogP contribution in [-0.2, 0) is 0 Å². The zero-order valence-corrected chi connectivity index (χ0v) is 7.28. The first-order chi connectivity index (χ1) is 6.31. The van der Waals surface area contributed by atoms with Crippen molar-refractivity contribution in [2.75, 3.05) is 0 Å². The van der Waals surface area contributed by atoms with E-state index >= 15 is 0 Å². The maximum Gasteiger partial charge on any atom is 0.0995 e. The molecular formula is C11H8N2. The molecule has 13 heavy (non-hydrogen) atoms. The smallest absolute Gasteiger partial charge is 0.0995 e. The molecule has 0 N–H and O–H groups in total. The Morgan fingerprint density at radius 1 is 1.38 bits per heavy atom. The van der Waals surface area contributed by atoms with Gasteiger partial charge in [0.1, 0.15) is 0 Å². The van der Waals surface area contributed by atoms with Gasteiger partial charge >= 0.3 is 0 Å². The van der Waals surface area contributed by atoms with Crippen molar-refractivity contribution in [2.24, 2.45) is 0 Å². The van der Waals surface area contributed by atoms with Gasteiger partial charge in [-0.3, -0.25) is 4.98 Å². The molecule has 0 atom stereocenters. The fourth-order valence-electron chi connectivity index (χ4n) is 1.35. The van der Waals surface area contributed by atoms with Crippen LogP contribution in [0.25, 0.3) is 10.9 Å². The second-order valence-corrected chi connectivity index (χ2v) is 2.98. The molecule has 0 aliphatic rings. The molecule has 62 valence electrons. The number of nitrogens with zero attached hydrogens (tertiary/aromatic N) is 2. The Kier molecular flexibility index (Phi) is 1.71. The van der Waals surface area contributed by atoms with Crippen molar-refractivity contribution < 1.29 is 0 Å². The van der Waals surface area contributed by atoms with Crippen molar-refractivity contribution in [3.63, 3.8) is 0 Å². The molecular weight excluding hydrogens is 160 g/mol. The summed E-state index contributed by atoms with van der Waals surface area (Å²) in [5, 5.41) is 9.88. The number of nitriles is 1. The molecule has 0 unspecified atom stereocenters. The number of rotatable bonds is 0. The lowest BCUT2D eigenvalue weighted by Crippen LogP contribution is -1.84. The van der Waals surface area contributed by atoms with Crippen molar-refractivity contribution in [3.05, 3.63) is 41.6 Å². The molecule has 0 saturated carbocycles. The molecule has 0 aliphatic heterocycles. The van der Waals surface area contributed by atoms with Crippen LogP contribution in [0.1, 0.15) is 11.1 Å². The summed E-state index contributed by atoms with van der Waals surface area (Å²) in [7, 11) is 0. The summed E-state index contributed by atoms with van der Waals surface area (Å²) in [4.78, 5) is 4.18. The Morgan fingerprint density at radius 2 is 2.23 bits per heavy atom. The van der Waals surface area contributed by atoms with Gasteiger partial charge in [-0.25, -0.2) is 0 Å². The summed E-state index contributed by atoms with van der Waals surface area (Å²) >= 11 is 0. The first kappa shape index (κ1) is 7.75. The van der Waals surface area contributed by atoms with Crippen LogP contribution in [0, 0.1) is 18.3 Å². The quantitative estimate of drug-likeness (QED) is 0.605. The van der Waals surface area contributed by atoms with E-state index in [4.69, 9.17) is 5.26 Å². The highest BCUT2D eigenvalue weighted by molar-refractivity contribution is 5.80. The van der Waals surface area contributed by atoms with Crippen LogP contribution in [0.3, 0.4) is 0 Å². The molecule has 0 radical (unpaired) electrons. The highest BCUT2D eigenvalue weighted by Gasteiger charge is 1.99. The van der Waals surface area contributed by atoms with Gasteiger partial charge in [-0.1, -0.05) is 6.07 Å². The van der Waals surface area contributed by atoms with E-state index in [1.807, 2.05) is 31.2 Å². The predicted molar refractivity (Wildman–Crippen MR) is 51.2 cm³/mol. The molecule has 0 fully saturated rings. The SMILES string of the molecule is Cc1cc2cccnc2cc1C#N. The van der Waals surface area contributed by atoms with Crippen molar-refractivity contribution in [2.45, 2.75) is 6.92 Å². The number of fused-ring (bicyclic) bond motifs is 1. The summed E-state index contributed by atoms with van der Waals surface area (Å²) in [6.07, 6.45) is 1.73. The van der Waals surface area contributed by atoms with E-state index in [1.54, 1.807) is 6.20 Å². The molecule has 0 bridgehead atoms. The largest absolute Gasteiger partial charge is 0.256 e. The standard InChI is InChI=1S/C11H8N2/c1-8-5-9-3-2-4-13-11(9)6-10(8)7-12/h2-6H,1H3. The van der Waals surface area contributed by atoms with E-state index in [0.717, 1.165) is 16.5 Å². The van der Waals surface area contributed by atoms with Gasteiger partial charge in [-0.15, -0.1) is 0 Å². The average Bonchev–Trinajstić information content (AvgIpc) is 2.17. The monoisotopic (exact) mass is 168 g/mol. The first-order valence-electron chi connectivity index (χ1n) is 4.07. The lowest BCUT2D eigenvalue weighted by atomic mass is 10.1. The Hall–Kier alpha value is -1.88. The minimum absolute atomic E-state index is 0.700. The van der Waals surface area contributed by atoms with Crippen LogP contribution < -0.4 is 0 Å². The van der Waals surface area contributed by atoms with Crippen molar-refractivity contribution in [1.82, 2.24) is 4.98 Å². The number of pyridine rings is 1. The zero-order valence-electron chi connectivity index (χ0n) is 7.28. The number of hydrogen-bond acceptors (Lipinski definition) is 2. The minimum atomic E-state index is 0.700. The van der Waals surface area contributed by atoms with Gasteiger partial charge in [0.15, 0.2) is 0 Å². The number of aryl methyl sites for hydroxylation is 1. The molecule has 1 heterocycles. The van der Waals surface area contributed by atoms with Crippen LogP contribution in [0.15, 0.2) is 30.5 Å². The third-order valence-electron chi connectivity index (χ3n) is 2.07. The lowest BCUT2D eigenvalue weighted by Gasteiger charge is -1.99. The second-order valence-electron chi connectivity index (χ2n) is 2.98. The van der Waals surface area contributed by atoms with Gasteiger partial charge in [0.2, 0.25) is 0 Å². The van der Waals surface area contributed by atoms with Gasteiger partial charge in [-0.2, -0.15) is 5.26 Å². The normalized spacial score (nSPS) is 9.85. The Bertz CT molecular complexity index is 495. The molecule has 0 aliphatic carbocycles. The summed E-state index contributed by atoms with van der Waals surface area (Å²) < 4.78 is 0. The van der Waals surface area contributed by atoms with E-state index in [2.05, 4.69) is 11.1 Å². The van der Waals surface area contributed by atoms with Crippen LogP contribution in [-0.4, -0.2) is 4.98 Å². The maximum atomic E-state index is 8.80. The number of benzene rings is 1. The molecule has 0 spiro atoms. The molecule has 2 nitrogen and oxygen atoms in total. The Labute approximate surface area is 76.5 Å². The molecule has 1 aromatic carbocycles. The number of hydrogen-bond donors (Lipinski definition) is 0. The predicted octanol–water partition coefficient (Wildman–Crippen LogP) is 2.41. The summed E-state index contributed by atoms with van der Waals surface area (Å²) in [6.45, 7) is 1.94. The highest BCUT2D eigenvalue weighted by Crippen LogP contribution is 2.16. The highest BCUT2D eigenvalue weighted by atomic mass is 14.6. The van der Waals surface area contributed by atoms with Gasteiger partial charge in [0.05, 0.1) is 17.1 Å². The maximum absolute atomic E-state index is 8.80. The zero-order chi connectivity index (χ0) is 9.26. The topological polar surface area (TPSA) is 36.7 Å². The molecule has 2 aromatic rings. The van der Waals surface area contributed by atoms with E-state index in [9.17, 15) is 0 Å². The Balaban J connectivity index is 2.83. The van der Waals surface area contributed by atoms with Crippen LogP contribution in [0.2, 0.25) is 0 Å². The fourth-order valence-corrected chi connectivity index (χ4v) is 1.35. The van der Waals surface area contributed by atoms with E-state index in [-0.39, 0.29) is 0 Å². The molecule has 1 aromatic heterocycles. The van der Waals surface area contributed by atoms with Crippen LogP contribution >= 0.6 is 0 Å². The molecule has 0 saturated heterocycles. The Morgan fingerprint density at radius 3 is 3.00 bits per heavy atom. The van der Waals surface area contributed by atoms with Gasteiger partial charge in [-0.05, 0) is 30.7 Å². The van der Waals surface area contributed by atoms with Crippen LogP contribution in [0.4, 0.5) is 0 Å². The van der Waals surface area contributed by atoms with Gasteiger partial charge in [0.25, 0.3) is 0 Å². The third kappa shape index (κ3) is 1.25. The fraction of sp³-hybridized carbons (Fsp3) is 0.0909. The molecule has 0 amide bonds. The van der Waals surface area contributed by atoms with E-state index in [1.165, 1.54) is 0 Å². The summed E-state index contributed by atoms with van der Waals surface area (Å²) in [5.41, 5.74) is 2.58. The number of aromatic nitrogens is 1. The third-order valence-corrected chi connectivity index (χ3v) is 2.07. The van der Waals surface area contributed by atoms with Crippen molar-refractivity contribution in [1.29, 1.82) is 5.26 Å². The second kappa shape index (κ2) is 2.87. The molecule has 2 rings (SSSR count). The first-order valence-corrected chi connectivity index (χ1v) is 4.07. The average molecular weight is 168 g/mol. The van der Waals surface area contributed by atoms with Gasteiger partial charge in [0, 0.05) is 11.6 Å². The molecule has 2 heteroatoms. The van der Waals surface area contributed by atoms with Crippen LogP contribution in [0.5, 0.6) is 0 Å². The van der Waals surface area contributed by atoms with Crippen molar-refractivity contribution in [3.8, 4) is 6.07 Å². The van der Waals surface area contributed by atoms with Crippen molar-refractivity contribution >= 4 is 10.9 Å². The summed E-state index contributed by atoms with van der Waals surface area (Å²) in [5.74, 6) is 0.